The molecule has 1 aromatic carbocycles. The van der Waals surface area contributed by atoms with E-state index in [2.05, 4.69) is 10.3 Å². The second kappa shape index (κ2) is 8.15. The fourth-order valence-corrected chi connectivity index (χ4v) is 3.23. The Morgan fingerprint density at radius 1 is 1.32 bits per heavy atom. The number of carboxylic acids is 1. The summed E-state index contributed by atoms with van der Waals surface area (Å²) in [7, 11) is 0. The second-order valence-corrected chi connectivity index (χ2v) is 6.69. The van der Waals surface area contributed by atoms with E-state index < -0.39 is 23.6 Å². The highest BCUT2D eigenvalue weighted by Crippen LogP contribution is 2.23. The Bertz CT molecular complexity index is 792. The quantitative estimate of drug-likeness (QED) is 0.782. The molecule has 0 radical (unpaired) electrons. The maximum atomic E-state index is 13.1. The van der Waals surface area contributed by atoms with E-state index >= 15 is 0 Å². The Balaban J connectivity index is 1.84. The van der Waals surface area contributed by atoms with Crippen molar-refractivity contribution in [1.29, 1.82) is 0 Å². The van der Waals surface area contributed by atoms with Gasteiger partial charge >= 0.3 is 5.97 Å². The smallest absolute Gasteiger partial charge is 0.347 e. The lowest BCUT2D eigenvalue weighted by molar-refractivity contribution is -0.121. The van der Waals surface area contributed by atoms with Crippen LogP contribution >= 0.6 is 11.3 Å². The van der Waals surface area contributed by atoms with Crippen LogP contribution in [0.3, 0.4) is 0 Å². The number of hydrogen-bond acceptors (Lipinski definition) is 4. The number of aromatic carboxylic acids is 1. The van der Waals surface area contributed by atoms with Gasteiger partial charge in [-0.25, -0.2) is 18.6 Å². The predicted octanol–water partition coefficient (Wildman–Crippen LogP) is 3.63. The standard InChI is InChI=1S/C17H18F2N2O3S/c1-9-15(17(23)24)25-16(21-9)10(2)20-14(22)5-3-4-11-6-7-12(18)13(19)8-11/h6-8,10H,3-5H2,1-2H3,(H,20,22)(H,23,24). The number of aromatic nitrogens is 1. The van der Waals surface area contributed by atoms with Crippen molar-refractivity contribution < 1.29 is 23.5 Å². The lowest BCUT2D eigenvalue weighted by atomic mass is 10.1. The van der Waals surface area contributed by atoms with Crippen LogP contribution < -0.4 is 5.32 Å². The summed E-state index contributed by atoms with van der Waals surface area (Å²) >= 11 is 1.04. The first-order valence-corrected chi connectivity index (χ1v) is 8.53. The summed E-state index contributed by atoms with van der Waals surface area (Å²) in [5.41, 5.74) is 1.05. The molecule has 0 aliphatic carbocycles. The van der Waals surface area contributed by atoms with Crippen LogP contribution in [0, 0.1) is 18.6 Å². The fourth-order valence-electron chi connectivity index (χ4n) is 2.32. The van der Waals surface area contributed by atoms with E-state index in [9.17, 15) is 18.4 Å². The average molecular weight is 368 g/mol. The van der Waals surface area contributed by atoms with Crippen LogP contribution in [0.15, 0.2) is 18.2 Å². The van der Waals surface area contributed by atoms with E-state index in [0.717, 1.165) is 23.5 Å². The lowest BCUT2D eigenvalue weighted by Gasteiger charge is -2.11. The molecule has 1 aromatic heterocycles. The summed E-state index contributed by atoms with van der Waals surface area (Å²) in [6.07, 6.45) is 1.17. The number of aryl methyl sites for hydroxylation is 2. The molecule has 1 atom stereocenters. The molecule has 2 rings (SSSR count). The zero-order valence-electron chi connectivity index (χ0n) is 13.8. The Labute approximate surface area is 147 Å². The van der Waals surface area contributed by atoms with E-state index in [4.69, 9.17) is 5.11 Å². The summed E-state index contributed by atoms with van der Waals surface area (Å²) < 4.78 is 26.0. The zero-order valence-corrected chi connectivity index (χ0v) is 14.6. The van der Waals surface area contributed by atoms with Gasteiger partial charge in [-0.3, -0.25) is 4.79 Å². The summed E-state index contributed by atoms with van der Waals surface area (Å²) in [4.78, 5) is 27.4. The first-order chi connectivity index (χ1) is 11.8. The number of nitrogens with one attached hydrogen (secondary N) is 1. The highest BCUT2D eigenvalue weighted by Gasteiger charge is 2.19. The molecule has 134 valence electrons. The van der Waals surface area contributed by atoms with Crippen molar-refractivity contribution in [2.45, 2.75) is 39.2 Å². The van der Waals surface area contributed by atoms with Gasteiger partial charge in [0.15, 0.2) is 11.6 Å². The van der Waals surface area contributed by atoms with Crippen LogP contribution in [0.2, 0.25) is 0 Å². The maximum absolute atomic E-state index is 13.1. The summed E-state index contributed by atoms with van der Waals surface area (Å²) in [6, 6.07) is 3.29. The van der Waals surface area contributed by atoms with Gasteiger partial charge in [0.25, 0.3) is 0 Å². The van der Waals surface area contributed by atoms with Crippen LogP contribution in [0.5, 0.6) is 0 Å². The number of thiazole rings is 1. The zero-order chi connectivity index (χ0) is 18.6. The van der Waals surface area contributed by atoms with Crippen molar-refractivity contribution in [3.8, 4) is 0 Å². The highest BCUT2D eigenvalue weighted by molar-refractivity contribution is 7.13. The SMILES string of the molecule is Cc1nc(C(C)NC(=O)CCCc2ccc(F)c(F)c2)sc1C(=O)O. The predicted molar refractivity (Wildman–Crippen MR) is 89.7 cm³/mol. The van der Waals surface area contributed by atoms with Gasteiger partial charge < -0.3 is 10.4 Å². The summed E-state index contributed by atoms with van der Waals surface area (Å²) in [5.74, 6) is -3.04. The number of nitrogens with zero attached hydrogens (tertiary/aromatic N) is 1. The Morgan fingerprint density at radius 2 is 2.04 bits per heavy atom. The van der Waals surface area contributed by atoms with Crippen molar-refractivity contribution in [3.63, 3.8) is 0 Å². The number of carbonyl (C=O) groups excluding carboxylic acids is 1. The minimum atomic E-state index is -1.04. The molecule has 0 fully saturated rings. The molecule has 5 nitrogen and oxygen atoms in total. The molecule has 25 heavy (non-hydrogen) atoms. The summed E-state index contributed by atoms with van der Waals surface area (Å²) in [6.45, 7) is 3.34. The molecule has 2 aromatic rings. The van der Waals surface area contributed by atoms with Crippen LogP contribution in [-0.4, -0.2) is 22.0 Å². The first-order valence-electron chi connectivity index (χ1n) is 7.72. The molecule has 1 amide bonds. The largest absolute Gasteiger partial charge is 0.477 e. The van der Waals surface area contributed by atoms with Gasteiger partial charge in [-0.1, -0.05) is 6.07 Å². The topological polar surface area (TPSA) is 79.3 Å². The average Bonchev–Trinajstić information content (AvgIpc) is 2.93. The van der Waals surface area contributed by atoms with E-state index in [1.165, 1.54) is 6.07 Å². The Kier molecular flexibility index (Phi) is 6.19. The third-order valence-electron chi connectivity index (χ3n) is 3.61. The van der Waals surface area contributed by atoms with Crippen molar-refractivity contribution in [3.05, 3.63) is 51.0 Å². The number of halogens is 2. The van der Waals surface area contributed by atoms with E-state index in [0.29, 0.717) is 29.1 Å². The molecular formula is C17H18F2N2O3S. The third kappa shape index (κ3) is 5.06. The third-order valence-corrected chi connectivity index (χ3v) is 4.94. The highest BCUT2D eigenvalue weighted by atomic mass is 32.1. The van der Waals surface area contributed by atoms with Crippen molar-refractivity contribution in [1.82, 2.24) is 10.3 Å². The number of hydrogen-bond donors (Lipinski definition) is 2. The normalized spacial score (nSPS) is 12.0. The van der Waals surface area contributed by atoms with Crippen molar-refractivity contribution >= 4 is 23.2 Å². The van der Waals surface area contributed by atoms with Gasteiger partial charge in [-0.05, 0) is 44.4 Å². The van der Waals surface area contributed by atoms with Crippen LogP contribution in [0.4, 0.5) is 8.78 Å². The van der Waals surface area contributed by atoms with Gasteiger partial charge in [-0.15, -0.1) is 11.3 Å². The van der Waals surface area contributed by atoms with E-state index in [1.54, 1.807) is 13.8 Å². The number of amides is 1. The van der Waals surface area contributed by atoms with E-state index in [-0.39, 0.29) is 17.2 Å². The van der Waals surface area contributed by atoms with Gasteiger partial charge in [0, 0.05) is 6.42 Å². The second-order valence-electron chi connectivity index (χ2n) is 5.66. The van der Waals surface area contributed by atoms with Crippen molar-refractivity contribution in [2.24, 2.45) is 0 Å². The minimum Gasteiger partial charge on any atom is -0.477 e. The Hall–Kier alpha value is -2.35. The lowest BCUT2D eigenvalue weighted by Crippen LogP contribution is -2.26. The van der Waals surface area contributed by atoms with Gasteiger partial charge in [0.05, 0.1) is 11.7 Å². The molecular weight excluding hydrogens is 350 g/mol. The van der Waals surface area contributed by atoms with E-state index in [1.807, 2.05) is 0 Å². The van der Waals surface area contributed by atoms with Crippen molar-refractivity contribution in [2.75, 3.05) is 0 Å². The molecule has 0 aliphatic heterocycles. The molecule has 0 spiro atoms. The number of carboxylic acid groups (broad SMARTS) is 1. The first kappa shape index (κ1) is 19.0. The fraction of sp³-hybridized carbons (Fsp3) is 0.353. The van der Waals surface area contributed by atoms with Crippen LogP contribution in [-0.2, 0) is 11.2 Å². The number of rotatable bonds is 7. The summed E-state index contributed by atoms with van der Waals surface area (Å²) in [5, 5.41) is 12.3. The number of benzene rings is 1. The monoisotopic (exact) mass is 368 g/mol. The van der Waals surface area contributed by atoms with Crippen LogP contribution in [0.1, 0.15) is 51.7 Å². The molecule has 0 saturated heterocycles. The maximum Gasteiger partial charge on any atom is 0.347 e. The molecule has 2 N–H and O–H groups in total. The molecule has 0 bridgehead atoms. The number of carbonyl (C=O) groups is 2. The van der Waals surface area contributed by atoms with Gasteiger partial charge in [0.1, 0.15) is 9.88 Å². The Morgan fingerprint density at radius 3 is 2.64 bits per heavy atom. The molecule has 1 heterocycles. The molecule has 1 unspecified atom stereocenters. The van der Waals surface area contributed by atoms with Crippen LogP contribution in [0.25, 0.3) is 0 Å². The van der Waals surface area contributed by atoms with Gasteiger partial charge in [-0.2, -0.15) is 0 Å². The molecule has 0 saturated carbocycles. The molecule has 8 heteroatoms. The van der Waals surface area contributed by atoms with Gasteiger partial charge in [0.2, 0.25) is 5.91 Å². The molecule has 0 aliphatic rings. The minimum absolute atomic E-state index is 0.162.